The number of amides is 3. The average molecular weight is 948 g/mol. The number of nitrogens with zero attached hydrogens (tertiary/aromatic N) is 5. The van der Waals surface area contributed by atoms with Crippen molar-refractivity contribution >= 4 is 40.4 Å². The number of pyridine rings is 2. The van der Waals surface area contributed by atoms with Crippen molar-refractivity contribution in [2.45, 2.75) is 88.6 Å². The number of rotatable bonds is 16. The van der Waals surface area contributed by atoms with Gasteiger partial charge in [0.05, 0.1) is 38.4 Å². The van der Waals surface area contributed by atoms with E-state index in [0.717, 1.165) is 75.5 Å². The molecule has 0 bridgehead atoms. The summed E-state index contributed by atoms with van der Waals surface area (Å²) in [6, 6.07) is 19.9. The van der Waals surface area contributed by atoms with Crippen molar-refractivity contribution in [3.8, 4) is 11.5 Å². The van der Waals surface area contributed by atoms with Gasteiger partial charge in [-0.3, -0.25) is 19.3 Å². The van der Waals surface area contributed by atoms with Gasteiger partial charge in [0.15, 0.2) is 18.0 Å². The molecule has 3 fully saturated rings. The molecule has 3 amide bonds. The van der Waals surface area contributed by atoms with Crippen LogP contribution >= 0.6 is 0 Å². The summed E-state index contributed by atoms with van der Waals surface area (Å²) in [5, 5.41) is 24.4. The summed E-state index contributed by atoms with van der Waals surface area (Å²) >= 11 is 0. The van der Waals surface area contributed by atoms with Gasteiger partial charge in [0.25, 0.3) is 11.8 Å². The van der Waals surface area contributed by atoms with E-state index in [0.29, 0.717) is 88.2 Å². The Morgan fingerprint density at radius 2 is 1.74 bits per heavy atom. The maximum Gasteiger partial charge on any atom is 0.490 e. The van der Waals surface area contributed by atoms with E-state index in [4.69, 9.17) is 24.1 Å². The maximum atomic E-state index is 13.6. The molecule has 366 valence electrons. The van der Waals surface area contributed by atoms with Crippen LogP contribution in [-0.4, -0.2) is 149 Å². The molecule has 2 saturated heterocycles. The number of hydrogen-bond donors (Lipinski definition) is 4. The fourth-order valence-electron chi connectivity index (χ4n) is 9.27. The lowest BCUT2D eigenvalue weighted by Crippen LogP contribution is -2.58. The Morgan fingerprint density at radius 3 is 2.51 bits per heavy atom. The highest BCUT2D eigenvalue weighted by molar-refractivity contribution is 5.97. The first-order valence-corrected chi connectivity index (χ1v) is 23.4. The molecule has 1 saturated carbocycles. The second-order valence-corrected chi connectivity index (χ2v) is 17.7. The highest BCUT2D eigenvalue weighted by atomic mass is 19.4. The van der Waals surface area contributed by atoms with Gasteiger partial charge in [-0.05, 0) is 92.1 Å². The van der Waals surface area contributed by atoms with E-state index in [1.54, 1.807) is 18.3 Å². The standard InChI is InChI=1S/C47H59N7O7.C2HF3O2/c55-40-14-12-36(44-43(40)51-41(56)32-60-44)15-21-48-22-25-54(38-9-2-1-3-10-38)42(57)17-28-59-27-16-34-6-4-7-35(30-34)31-52-23-18-47(19-24-52)33-53(26-29-61-47)46(58)39-13-11-37-8-5-20-49-45(37)50-39;3-2(4,5)1(6)7/h4-8,11-14,20,30,38,48,55H,1-3,9-10,15-19,21-29,31-33H2,(H,51,56);(H,6,7). The van der Waals surface area contributed by atoms with Crippen LogP contribution in [0.5, 0.6) is 11.5 Å². The number of benzene rings is 2. The predicted octanol–water partition coefficient (Wildman–Crippen LogP) is 5.75. The molecule has 4 N–H and O–H groups in total. The molecule has 16 nitrogen and oxygen atoms in total. The number of likely N-dealkylation sites (tertiary alicyclic amines) is 1. The number of fused-ring (bicyclic) bond motifs is 2. The summed E-state index contributed by atoms with van der Waals surface area (Å²) in [6.07, 6.45) is 5.76. The summed E-state index contributed by atoms with van der Waals surface area (Å²) in [5.74, 6) is -2.44. The molecule has 8 rings (SSSR count). The molecule has 4 aliphatic rings. The Bertz CT molecular complexity index is 2370. The fraction of sp³-hybridized carbons (Fsp3) is 0.510. The van der Waals surface area contributed by atoms with Crippen LogP contribution in [-0.2, 0) is 43.2 Å². The van der Waals surface area contributed by atoms with Crippen LogP contribution < -0.4 is 15.4 Å². The van der Waals surface area contributed by atoms with Gasteiger partial charge >= 0.3 is 12.1 Å². The van der Waals surface area contributed by atoms with Gasteiger partial charge in [-0.15, -0.1) is 0 Å². The Kier molecular flexibility index (Phi) is 17.2. The van der Waals surface area contributed by atoms with Gasteiger partial charge in [-0.2, -0.15) is 13.2 Å². The second kappa shape index (κ2) is 23.4. The van der Waals surface area contributed by atoms with E-state index in [9.17, 15) is 32.7 Å². The highest BCUT2D eigenvalue weighted by Crippen LogP contribution is 2.39. The number of anilines is 1. The van der Waals surface area contributed by atoms with Gasteiger partial charge in [0, 0.05) is 56.9 Å². The summed E-state index contributed by atoms with van der Waals surface area (Å²) in [5.41, 5.74) is 4.40. The molecule has 0 atom stereocenters. The average Bonchev–Trinajstić information content (AvgIpc) is 3.34. The smallest absolute Gasteiger partial charge is 0.490 e. The summed E-state index contributed by atoms with van der Waals surface area (Å²) in [7, 11) is 0. The number of phenols is 1. The lowest BCUT2D eigenvalue weighted by Gasteiger charge is -2.47. The Labute approximate surface area is 393 Å². The molecule has 1 spiro atoms. The van der Waals surface area contributed by atoms with Gasteiger partial charge < -0.3 is 44.9 Å². The van der Waals surface area contributed by atoms with E-state index < -0.39 is 12.1 Å². The van der Waals surface area contributed by atoms with Crippen LogP contribution in [0.4, 0.5) is 18.9 Å². The number of halogens is 3. The Hall–Kier alpha value is -5.89. The predicted molar refractivity (Wildman–Crippen MR) is 245 cm³/mol. The minimum Gasteiger partial charge on any atom is -0.506 e. The minimum atomic E-state index is -5.08. The number of aromatic nitrogens is 2. The number of carbonyl (C=O) groups excluding carboxylic acids is 3. The number of carboxylic acid groups (broad SMARTS) is 1. The molecule has 1 aliphatic carbocycles. The SMILES string of the molecule is O=C(O)C(F)(F)F.O=C1COc2c(CCNCCN(C(=O)CCOCCc3cccc(CN4CCC5(CC4)CN(C(=O)c4ccc6cccnc6n4)CCO5)c3)C3CCCCC3)ccc(O)c2N1. The first-order chi connectivity index (χ1) is 32.8. The molecule has 3 aliphatic heterocycles. The van der Waals surface area contributed by atoms with Crippen LogP contribution in [0.15, 0.2) is 66.9 Å². The number of aliphatic carboxylic acids is 1. The van der Waals surface area contributed by atoms with Gasteiger partial charge in [-0.25, -0.2) is 14.8 Å². The molecule has 0 unspecified atom stereocenters. The number of aromatic hydroxyl groups is 1. The van der Waals surface area contributed by atoms with Crippen LogP contribution in [0.2, 0.25) is 0 Å². The topological polar surface area (TPSA) is 196 Å². The zero-order chi connectivity index (χ0) is 48.1. The maximum absolute atomic E-state index is 13.6. The summed E-state index contributed by atoms with van der Waals surface area (Å²) in [6.45, 7) is 7.18. The van der Waals surface area contributed by atoms with Crippen molar-refractivity contribution in [3.05, 3.63) is 89.2 Å². The number of hydrogen-bond acceptors (Lipinski definition) is 12. The number of piperidine rings is 1. The Balaban J connectivity index is 0.000000908. The lowest BCUT2D eigenvalue weighted by molar-refractivity contribution is -0.192. The molecule has 68 heavy (non-hydrogen) atoms. The first-order valence-electron chi connectivity index (χ1n) is 23.4. The van der Waals surface area contributed by atoms with E-state index in [-0.39, 0.29) is 41.7 Å². The molecule has 4 aromatic rings. The van der Waals surface area contributed by atoms with E-state index >= 15 is 0 Å². The van der Waals surface area contributed by atoms with Crippen LogP contribution in [0.1, 0.15) is 78.5 Å². The van der Waals surface area contributed by atoms with Gasteiger partial charge in [-0.1, -0.05) is 49.6 Å². The third kappa shape index (κ3) is 13.6. The number of alkyl halides is 3. The first kappa shape index (κ1) is 50.0. The number of nitrogens with one attached hydrogen (secondary N) is 2. The Morgan fingerprint density at radius 1 is 0.956 bits per heavy atom. The van der Waals surface area contributed by atoms with Gasteiger partial charge in [0.2, 0.25) is 5.91 Å². The number of ether oxygens (including phenoxy) is 3. The number of carbonyl (C=O) groups is 4. The third-order valence-corrected chi connectivity index (χ3v) is 12.9. The van der Waals surface area contributed by atoms with Crippen LogP contribution in [0.25, 0.3) is 11.0 Å². The van der Waals surface area contributed by atoms with Crippen molar-refractivity contribution in [1.29, 1.82) is 0 Å². The van der Waals surface area contributed by atoms with Crippen molar-refractivity contribution < 1.29 is 56.8 Å². The van der Waals surface area contributed by atoms with E-state index in [2.05, 4.69) is 54.7 Å². The molecule has 5 heterocycles. The summed E-state index contributed by atoms with van der Waals surface area (Å²) in [4.78, 5) is 63.0. The molecule has 2 aromatic heterocycles. The highest BCUT2D eigenvalue weighted by Gasteiger charge is 2.41. The van der Waals surface area contributed by atoms with Crippen LogP contribution in [0, 0.1) is 0 Å². The fourth-order valence-corrected chi connectivity index (χ4v) is 9.27. The normalized spacial score (nSPS) is 17.4. The molecular weight excluding hydrogens is 888 g/mol. The quantitative estimate of drug-likeness (QED) is 0.0784. The monoisotopic (exact) mass is 947 g/mol. The zero-order valence-electron chi connectivity index (χ0n) is 38.1. The minimum absolute atomic E-state index is 0.00652. The summed E-state index contributed by atoms with van der Waals surface area (Å²) < 4.78 is 49.8. The largest absolute Gasteiger partial charge is 0.506 e. The third-order valence-electron chi connectivity index (χ3n) is 12.9. The van der Waals surface area contributed by atoms with E-state index in [1.807, 2.05) is 29.2 Å². The molecule has 0 radical (unpaired) electrons. The number of morpholine rings is 1. The van der Waals surface area contributed by atoms with Crippen molar-refractivity contribution in [2.24, 2.45) is 0 Å². The van der Waals surface area contributed by atoms with Crippen molar-refractivity contribution in [2.75, 3.05) is 77.6 Å². The lowest BCUT2D eigenvalue weighted by atomic mass is 9.89. The van der Waals surface area contributed by atoms with E-state index in [1.165, 1.54) is 17.5 Å². The zero-order valence-corrected chi connectivity index (χ0v) is 38.1. The van der Waals surface area contributed by atoms with Crippen LogP contribution in [0.3, 0.4) is 0 Å². The molecular formula is C49H60F3N7O9. The molecule has 19 heteroatoms. The van der Waals surface area contributed by atoms with Crippen molar-refractivity contribution in [3.63, 3.8) is 0 Å². The second-order valence-electron chi connectivity index (χ2n) is 17.7. The number of phenolic OH excluding ortho intramolecular Hbond substituents is 1. The van der Waals surface area contributed by atoms with Crippen molar-refractivity contribution in [1.82, 2.24) is 30.0 Å². The molecule has 2 aromatic carbocycles. The number of carboxylic acids is 1. The van der Waals surface area contributed by atoms with Gasteiger partial charge in [0.1, 0.15) is 17.1 Å².